The lowest BCUT2D eigenvalue weighted by Crippen LogP contribution is -2.34. The summed E-state index contributed by atoms with van der Waals surface area (Å²) in [5, 5.41) is 13.7. The van der Waals surface area contributed by atoms with Gasteiger partial charge in [-0.05, 0) is 25.2 Å². The van der Waals surface area contributed by atoms with Gasteiger partial charge in [0.25, 0.3) is 11.6 Å². The molecule has 1 saturated carbocycles. The van der Waals surface area contributed by atoms with Gasteiger partial charge < -0.3 is 10.2 Å². The molecule has 7 nitrogen and oxygen atoms in total. The number of nitrogens with one attached hydrogen (secondary N) is 1. The van der Waals surface area contributed by atoms with E-state index >= 15 is 0 Å². The van der Waals surface area contributed by atoms with Crippen LogP contribution in [-0.4, -0.2) is 40.9 Å². The maximum absolute atomic E-state index is 12.7. The van der Waals surface area contributed by atoms with Gasteiger partial charge in [0, 0.05) is 26.2 Å². The van der Waals surface area contributed by atoms with Gasteiger partial charge in [-0.15, -0.1) is 0 Å². The van der Waals surface area contributed by atoms with Crippen molar-refractivity contribution < 1.29 is 9.72 Å². The Morgan fingerprint density at radius 1 is 1.57 bits per heavy atom. The molecule has 1 fully saturated rings. The average molecular weight is 292 g/mol. The van der Waals surface area contributed by atoms with Crippen LogP contribution in [0.3, 0.4) is 0 Å². The van der Waals surface area contributed by atoms with Crippen molar-refractivity contribution in [3.05, 3.63) is 27.9 Å². The zero-order valence-electron chi connectivity index (χ0n) is 12.3. The third-order valence-corrected chi connectivity index (χ3v) is 3.51. The van der Waals surface area contributed by atoms with E-state index in [1.54, 1.807) is 11.9 Å². The van der Waals surface area contributed by atoms with Crippen LogP contribution in [0.15, 0.2) is 12.3 Å². The fourth-order valence-corrected chi connectivity index (χ4v) is 2.24. The predicted octanol–water partition coefficient (Wildman–Crippen LogP) is 2.29. The fraction of sp³-hybridized carbons (Fsp3) is 0.571. The molecule has 1 aliphatic carbocycles. The molecule has 1 aromatic rings. The number of carbonyl (C=O) groups is 1. The third-order valence-electron chi connectivity index (χ3n) is 3.51. The van der Waals surface area contributed by atoms with Crippen LogP contribution in [0.4, 0.5) is 11.5 Å². The number of amides is 1. The second-order valence-electron chi connectivity index (χ2n) is 5.29. The summed E-state index contributed by atoms with van der Waals surface area (Å²) in [7, 11) is 1.65. The van der Waals surface area contributed by atoms with Crippen LogP contribution in [-0.2, 0) is 0 Å². The normalized spacial score (nSPS) is 13.8. The van der Waals surface area contributed by atoms with Crippen molar-refractivity contribution >= 4 is 17.4 Å². The van der Waals surface area contributed by atoms with Crippen molar-refractivity contribution in [3.8, 4) is 0 Å². The zero-order chi connectivity index (χ0) is 15.4. The summed E-state index contributed by atoms with van der Waals surface area (Å²) < 4.78 is 0. The van der Waals surface area contributed by atoms with E-state index < -0.39 is 4.92 Å². The molecule has 0 unspecified atom stereocenters. The number of pyridine rings is 1. The summed E-state index contributed by atoms with van der Waals surface area (Å²) in [5.41, 5.74) is 0.0982. The quantitative estimate of drug-likeness (QED) is 0.615. The monoisotopic (exact) mass is 292 g/mol. The van der Waals surface area contributed by atoms with Gasteiger partial charge in [0.05, 0.1) is 10.5 Å². The van der Waals surface area contributed by atoms with Gasteiger partial charge in [0.1, 0.15) is 12.0 Å². The van der Waals surface area contributed by atoms with E-state index in [0.29, 0.717) is 18.3 Å². The molecule has 0 aliphatic heterocycles. The summed E-state index contributed by atoms with van der Waals surface area (Å²) >= 11 is 0. The van der Waals surface area contributed by atoms with Crippen molar-refractivity contribution in [2.24, 2.45) is 5.92 Å². The number of aromatic nitrogens is 1. The molecule has 1 aliphatic rings. The second kappa shape index (κ2) is 6.51. The Hall–Kier alpha value is -2.18. The highest BCUT2D eigenvalue weighted by atomic mass is 16.6. The van der Waals surface area contributed by atoms with Crippen LogP contribution in [0.5, 0.6) is 0 Å². The number of hydrogen-bond donors (Lipinski definition) is 1. The first-order valence-electron chi connectivity index (χ1n) is 7.18. The second-order valence-corrected chi connectivity index (χ2v) is 5.29. The van der Waals surface area contributed by atoms with Crippen molar-refractivity contribution in [1.82, 2.24) is 9.88 Å². The standard InChI is InChI=1S/C14H20N4O3/c1-3-6-17(9-10-4-5-10)14(19)12-7-11(18(20)21)8-16-13(12)15-2/h7-8,10H,3-6,9H2,1-2H3,(H,15,16). The summed E-state index contributed by atoms with van der Waals surface area (Å²) in [5.74, 6) is 0.761. The van der Waals surface area contributed by atoms with E-state index in [-0.39, 0.29) is 17.2 Å². The van der Waals surface area contributed by atoms with Gasteiger partial charge in [-0.3, -0.25) is 14.9 Å². The lowest BCUT2D eigenvalue weighted by molar-refractivity contribution is -0.385. The fourth-order valence-electron chi connectivity index (χ4n) is 2.24. The number of anilines is 1. The summed E-state index contributed by atoms with van der Waals surface area (Å²) in [6.45, 7) is 3.39. The highest BCUT2D eigenvalue weighted by Gasteiger charge is 2.28. The highest BCUT2D eigenvalue weighted by Crippen LogP contribution is 2.31. The molecular formula is C14H20N4O3. The first kappa shape index (κ1) is 15.2. The molecule has 0 bridgehead atoms. The first-order valence-corrected chi connectivity index (χ1v) is 7.18. The Kier molecular flexibility index (Phi) is 4.72. The molecule has 0 saturated heterocycles. The molecule has 1 heterocycles. The van der Waals surface area contributed by atoms with Gasteiger partial charge >= 0.3 is 0 Å². The van der Waals surface area contributed by atoms with Gasteiger partial charge in [-0.2, -0.15) is 0 Å². The first-order chi connectivity index (χ1) is 10.1. The molecule has 21 heavy (non-hydrogen) atoms. The minimum Gasteiger partial charge on any atom is -0.372 e. The zero-order valence-corrected chi connectivity index (χ0v) is 12.3. The lowest BCUT2D eigenvalue weighted by Gasteiger charge is -2.22. The van der Waals surface area contributed by atoms with Gasteiger partial charge in [0.2, 0.25) is 0 Å². The van der Waals surface area contributed by atoms with E-state index in [2.05, 4.69) is 10.3 Å². The smallest absolute Gasteiger partial charge is 0.288 e. The lowest BCUT2D eigenvalue weighted by atomic mass is 10.2. The molecule has 7 heteroatoms. The van der Waals surface area contributed by atoms with Crippen molar-refractivity contribution in [2.45, 2.75) is 26.2 Å². The van der Waals surface area contributed by atoms with Crippen LogP contribution < -0.4 is 5.32 Å². The molecule has 0 atom stereocenters. The minimum absolute atomic E-state index is 0.166. The SMILES string of the molecule is CCCN(CC1CC1)C(=O)c1cc([N+](=O)[O-])cnc1NC. The van der Waals surface area contributed by atoms with E-state index in [1.807, 2.05) is 6.92 Å². The Morgan fingerprint density at radius 2 is 2.29 bits per heavy atom. The van der Waals surface area contributed by atoms with E-state index in [0.717, 1.165) is 32.0 Å². The molecule has 0 radical (unpaired) electrons. The van der Waals surface area contributed by atoms with Crippen LogP contribution in [0.2, 0.25) is 0 Å². The molecule has 114 valence electrons. The van der Waals surface area contributed by atoms with E-state index in [1.165, 1.54) is 6.07 Å². The van der Waals surface area contributed by atoms with Crippen molar-refractivity contribution in [3.63, 3.8) is 0 Å². The maximum atomic E-state index is 12.7. The molecule has 2 rings (SSSR count). The predicted molar refractivity (Wildman–Crippen MR) is 79.4 cm³/mol. The summed E-state index contributed by atoms with van der Waals surface area (Å²) in [6, 6.07) is 1.30. The largest absolute Gasteiger partial charge is 0.372 e. The minimum atomic E-state index is -0.533. The molecular weight excluding hydrogens is 272 g/mol. The number of rotatable bonds is 7. The Morgan fingerprint density at radius 3 is 2.81 bits per heavy atom. The van der Waals surface area contributed by atoms with Crippen LogP contribution in [0.1, 0.15) is 36.5 Å². The van der Waals surface area contributed by atoms with E-state index in [9.17, 15) is 14.9 Å². The topological polar surface area (TPSA) is 88.4 Å². The van der Waals surface area contributed by atoms with E-state index in [4.69, 9.17) is 0 Å². The number of hydrogen-bond acceptors (Lipinski definition) is 5. The highest BCUT2D eigenvalue weighted by molar-refractivity contribution is 5.99. The Labute approximate surface area is 123 Å². The number of carbonyl (C=O) groups excluding carboxylic acids is 1. The van der Waals surface area contributed by atoms with Crippen molar-refractivity contribution in [2.75, 3.05) is 25.5 Å². The molecule has 0 aromatic carbocycles. The maximum Gasteiger partial charge on any atom is 0.288 e. The van der Waals surface area contributed by atoms with Crippen molar-refractivity contribution in [1.29, 1.82) is 0 Å². The van der Waals surface area contributed by atoms with Gasteiger partial charge in [0.15, 0.2) is 0 Å². The van der Waals surface area contributed by atoms with Gasteiger partial charge in [-0.1, -0.05) is 6.92 Å². The van der Waals surface area contributed by atoms with Crippen LogP contribution in [0.25, 0.3) is 0 Å². The van der Waals surface area contributed by atoms with Gasteiger partial charge in [-0.25, -0.2) is 4.98 Å². The molecule has 1 N–H and O–H groups in total. The molecule has 1 aromatic heterocycles. The number of nitrogens with zero attached hydrogens (tertiary/aromatic N) is 3. The summed E-state index contributed by atoms with van der Waals surface area (Å²) in [6.07, 6.45) is 4.32. The molecule has 1 amide bonds. The Bertz CT molecular complexity index is 543. The average Bonchev–Trinajstić information content (AvgIpc) is 3.29. The summed E-state index contributed by atoms with van der Waals surface area (Å²) in [4.78, 5) is 28.8. The van der Waals surface area contributed by atoms with Crippen LogP contribution >= 0.6 is 0 Å². The number of nitro groups is 1. The third kappa shape index (κ3) is 3.68. The Balaban J connectivity index is 2.29. The van der Waals surface area contributed by atoms with Crippen LogP contribution in [0, 0.1) is 16.0 Å². The molecule has 0 spiro atoms.